The number of carbonyl (C=O) groups excluding carboxylic acids is 1. The van der Waals surface area contributed by atoms with E-state index in [1.165, 1.54) is 0 Å². The summed E-state index contributed by atoms with van der Waals surface area (Å²) < 4.78 is 33.7. The lowest BCUT2D eigenvalue weighted by atomic mass is 10.2. The van der Waals surface area contributed by atoms with E-state index in [9.17, 15) is 18.0 Å². The topological polar surface area (TPSA) is 91.6 Å². The van der Waals surface area contributed by atoms with Gasteiger partial charge in [0.05, 0.1) is 0 Å². The first-order valence-electron chi connectivity index (χ1n) is 7.18. The Morgan fingerprint density at radius 2 is 1.60 bits per heavy atom. The third-order valence-corrected chi connectivity index (χ3v) is 2.90. The molecular weight excluding hydrogens is 341 g/mol. The predicted molar refractivity (Wildman–Crippen MR) is 83.5 cm³/mol. The highest BCUT2D eigenvalue weighted by atomic mass is 19.4. The number of amides is 1. The van der Waals surface area contributed by atoms with E-state index in [4.69, 9.17) is 15.0 Å². The van der Waals surface area contributed by atoms with Gasteiger partial charge in [0, 0.05) is 36.8 Å². The summed E-state index contributed by atoms with van der Waals surface area (Å²) in [6.45, 7) is 0.585. The van der Waals surface area contributed by atoms with E-state index in [1.807, 2.05) is 41.2 Å². The number of hydrogen-bond acceptors (Lipinski definition) is 3. The lowest BCUT2D eigenvalue weighted by Gasteiger charge is -2.06. The van der Waals surface area contributed by atoms with Crippen molar-refractivity contribution >= 4 is 11.9 Å². The number of aliphatic carboxylic acids is 1. The van der Waals surface area contributed by atoms with Gasteiger partial charge in [-0.2, -0.15) is 13.2 Å². The first-order valence-corrected chi connectivity index (χ1v) is 7.18. The van der Waals surface area contributed by atoms with Gasteiger partial charge in [0.25, 0.3) is 5.91 Å². The van der Waals surface area contributed by atoms with Crippen LogP contribution < -0.4 is 5.32 Å². The second kappa shape index (κ2) is 9.48. The third kappa shape index (κ3) is 7.08. The van der Waals surface area contributed by atoms with Crippen LogP contribution in [-0.2, 0) is 4.79 Å². The Labute approximate surface area is 141 Å². The molecule has 0 aliphatic rings. The maximum absolute atomic E-state index is 11.7. The minimum Gasteiger partial charge on any atom is -0.475 e. The predicted octanol–water partition coefficient (Wildman–Crippen LogP) is 2.22. The Bertz CT molecular complexity index is 668. The summed E-state index contributed by atoms with van der Waals surface area (Å²) in [5, 5.41) is 18.5. The number of carboxylic acids is 1. The van der Waals surface area contributed by atoms with Crippen molar-refractivity contribution in [2.24, 2.45) is 0 Å². The molecule has 6 nitrogen and oxygen atoms in total. The zero-order valence-electron chi connectivity index (χ0n) is 13.0. The van der Waals surface area contributed by atoms with E-state index in [1.54, 1.807) is 12.1 Å². The van der Waals surface area contributed by atoms with Gasteiger partial charge in [-0.25, -0.2) is 4.79 Å². The van der Waals surface area contributed by atoms with Crippen LogP contribution in [0, 0.1) is 0 Å². The maximum atomic E-state index is 11.7. The molecule has 1 heterocycles. The smallest absolute Gasteiger partial charge is 0.475 e. The van der Waals surface area contributed by atoms with Gasteiger partial charge in [-0.05, 0) is 42.8 Å². The summed E-state index contributed by atoms with van der Waals surface area (Å²) >= 11 is 0. The number of aromatic nitrogens is 1. The van der Waals surface area contributed by atoms with Gasteiger partial charge in [0.1, 0.15) is 0 Å². The van der Waals surface area contributed by atoms with Crippen molar-refractivity contribution in [2.75, 3.05) is 13.2 Å². The number of alkyl halides is 3. The summed E-state index contributed by atoms with van der Waals surface area (Å²) in [4.78, 5) is 20.6. The van der Waals surface area contributed by atoms with Gasteiger partial charge >= 0.3 is 12.1 Å². The van der Waals surface area contributed by atoms with E-state index >= 15 is 0 Å². The average Bonchev–Trinajstić information content (AvgIpc) is 3.09. The van der Waals surface area contributed by atoms with Crippen molar-refractivity contribution in [3.63, 3.8) is 0 Å². The fourth-order valence-electron chi connectivity index (χ4n) is 1.67. The van der Waals surface area contributed by atoms with Crippen molar-refractivity contribution in [2.45, 2.75) is 12.6 Å². The summed E-state index contributed by atoms with van der Waals surface area (Å²) in [6, 6.07) is 11.3. The van der Waals surface area contributed by atoms with Crippen LogP contribution >= 0.6 is 0 Å². The summed E-state index contributed by atoms with van der Waals surface area (Å²) in [7, 11) is 0. The monoisotopic (exact) mass is 358 g/mol. The summed E-state index contributed by atoms with van der Waals surface area (Å²) in [5.41, 5.74) is 1.65. The molecule has 2 aromatic rings. The molecule has 0 bridgehead atoms. The molecule has 2 rings (SSSR count). The van der Waals surface area contributed by atoms with Crippen LogP contribution in [0.3, 0.4) is 0 Å². The van der Waals surface area contributed by atoms with Crippen LogP contribution in [0.2, 0.25) is 0 Å². The molecule has 0 spiro atoms. The van der Waals surface area contributed by atoms with Crippen LogP contribution in [0.5, 0.6) is 0 Å². The van der Waals surface area contributed by atoms with Crippen LogP contribution in [0.25, 0.3) is 5.69 Å². The SMILES string of the molecule is O=C(NCCCO)c1ccc(-n2cccc2)cc1.O=C(O)C(F)(F)F. The minimum absolute atomic E-state index is 0.0901. The van der Waals surface area contributed by atoms with Gasteiger partial charge in [-0.15, -0.1) is 0 Å². The second-order valence-electron chi connectivity index (χ2n) is 4.77. The molecule has 25 heavy (non-hydrogen) atoms. The van der Waals surface area contributed by atoms with Crippen molar-refractivity contribution < 1.29 is 33.0 Å². The molecule has 0 aliphatic carbocycles. The number of carbonyl (C=O) groups is 2. The highest BCUT2D eigenvalue weighted by Gasteiger charge is 2.38. The van der Waals surface area contributed by atoms with E-state index in [2.05, 4.69) is 5.32 Å². The Kier molecular flexibility index (Phi) is 7.67. The molecule has 0 radical (unpaired) electrons. The molecule has 0 saturated heterocycles. The molecule has 0 saturated carbocycles. The van der Waals surface area contributed by atoms with Gasteiger partial charge in [-0.3, -0.25) is 4.79 Å². The van der Waals surface area contributed by atoms with E-state index in [-0.39, 0.29) is 12.5 Å². The number of hydrogen-bond donors (Lipinski definition) is 3. The van der Waals surface area contributed by atoms with Gasteiger partial charge in [0.2, 0.25) is 0 Å². The van der Waals surface area contributed by atoms with Crippen molar-refractivity contribution in [1.82, 2.24) is 9.88 Å². The van der Waals surface area contributed by atoms with Crippen LogP contribution in [-0.4, -0.2) is 46.0 Å². The standard InChI is InChI=1S/C14H16N2O2.C2HF3O2/c17-11-3-8-15-14(18)12-4-6-13(7-5-12)16-9-1-2-10-16;3-2(4,5)1(6)7/h1-2,4-7,9-10,17H,3,8,11H2,(H,15,18);(H,6,7). The Morgan fingerprint density at radius 3 is 2.04 bits per heavy atom. The van der Waals surface area contributed by atoms with Gasteiger partial charge < -0.3 is 20.1 Å². The number of carboxylic acid groups (broad SMARTS) is 1. The third-order valence-electron chi connectivity index (χ3n) is 2.90. The fraction of sp³-hybridized carbons (Fsp3) is 0.250. The molecular formula is C16H17F3N2O4. The Morgan fingerprint density at radius 1 is 1.08 bits per heavy atom. The lowest BCUT2D eigenvalue weighted by Crippen LogP contribution is -2.24. The second-order valence-corrected chi connectivity index (χ2v) is 4.77. The summed E-state index contributed by atoms with van der Waals surface area (Å²) in [5.74, 6) is -2.87. The maximum Gasteiger partial charge on any atom is 0.490 e. The van der Waals surface area contributed by atoms with E-state index in [0.717, 1.165) is 5.69 Å². The highest BCUT2D eigenvalue weighted by molar-refractivity contribution is 5.94. The number of halogens is 3. The number of rotatable bonds is 5. The van der Waals surface area contributed by atoms with Crippen LogP contribution in [0.1, 0.15) is 16.8 Å². The Balaban J connectivity index is 0.000000381. The molecule has 136 valence electrons. The van der Waals surface area contributed by atoms with E-state index < -0.39 is 12.1 Å². The largest absolute Gasteiger partial charge is 0.490 e. The molecule has 0 aliphatic heterocycles. The fourth-order valence-corrected chi connectivity index (χ4v) is 1.67. The van der Waals surface area contributed by atoms with Crippen LogP contribution in [0.15, 0.2) is 48.8 Å². The Hall–Kier alpha value is -2.81. The number of aliphatic hydroxyl groups is 1. The normalized spacial score (nSPS) is 10.6. The average molecular weight is 358 g/mol. The first kappa shape index (κ1) is 20.2. The minimum atomic E-state index is -5.08. The number of nitrogens with zero attached hydrogens (tertiary/aromatic N) is 1. The molecule has 0 unspecified atom stereocenters. The van der Waals surface area contributed by atoms with Crippen molar-refractivity contribution in [3.8, 4) is 5.69 Å². The van der Waals surface area contributed by atoms with Crippen LogP contribution in [0.4, 0.5) is 13.2 Å². The summed E-state index contributed by atoms with van der Waals surface area (Å²) in [6.07, 6.45) is -0.597. The first-order chi connectivity index (χ1) is 11.8. The zero-order valence-corrected chi connectivity index (χ0v) is 13.0. The number of benzene rings is 1. The molecule has 9 heteroatoms. The molecule has 1 aromatic carbocycles. The van der Waals surface area contributed by atoms with Gasteiger partial charge in [-0.1, -0.05) is 0 Å². The van der Waals surface area contributed by atoms with Gasteiger partial charge in [0.15, 0.2) is 0 Å². The molecule has 0 fully saturated rings. The number of aliphatic hydroxyl groups excluding tert-OH is 1. The zero-order chi connectivity index (χ0) is 18.9. The highest BCUT2D eigenvalue weighted by Crippen LogP contribution is 2.13. The van der Waals surface area contributed by atoms with E-state index in [0.29, 0.717) is 18.5 Å². The molecule has 1 amide bonds. The molecule has 0 atom stereocenters. The number of nitrogens with one attached hydrogen (secondary N) is 1. The molecule has 3 N–H and O–H groups in total. The quantitative estimate of drug-likeness (QED) is 0.715. The molecule has 1 aromatic heterocycles. The lowest BCUT2D eigenvalue weighted by molar-refractivity contribution is -0.192. The van der Waals surface area contributed by atoms with Crippen molar-refractivity contribution in [1.29, 1.82) is 0 Å². The van der Waals surface area contributed by atoms with Crippen molar-refractivity contribution in [3.05, 3.63) is 54.4 Å².